The lowest BCUT2D eigenvalue weighted by Crippen LogP contribution is -2.42. The molecule has 0 aliphatic carbocycles. The highest BCUT2D eigenvalue weighted by Crippen LogP contribution is 2.09. The van der Waals surface area contributed by atoms with Gasteiger partial charge in [-0.1, -0.05) is 37.6 Å². The number of aryl methyl sites for hydroxylation is 1. The molecule has 1 aliphatic heterocycles. The van der Waals surface area contributed by atoms with Gasteiger partial charge in [-0.15, -0.1) is 24.0 Å². The first-order valence-electron chi connectivity index (χ1n) is 8.57. The average Bonchev–Trinajstić information content (AvgIpc) is 2.59. The average molecular weight is 430 g/mol. The Morgan fingerprint density at radius 2 is 1.78 bits per heavy atom. The lowest BCUT2D eigenvalue weighted by molar-refractivity contribution is 0.232. The van der Waals surface area contributed by atoms with Crippen molar-refractivity contribution in [3.8, 4) is 0 Å². The number of nitrogens with zero attached hydrogens (tertiary/aromatic N) is 2. The molecule has 0 atom stereocenters. The summed E-state index contributed by atoms with van der Waals surface area (Å²) in [6.45, 7) is 7.58. The van der Waals surface area contributed by atoms with E-state index in [-0.39, 0.29) is 24.0 Å². The smallest absolute Gasteiger partial charge is 0.191 e. The van der Waals surface area contributed by atoms with Gasteiger partial charge >= 0.3 is 0 Å². The van der Waals surface area contributed by atoms with E-state index in [4.69, 9.17) is 0 Å². The van der Waals surface area contributed by atoms with Crippen LogP contribution < -0.4 is 10.6 Å². The quantitative estimate of drug-likeness (QED) is 0.414. The Hall–Kier alpha value is -0.820. The maximum atomic E-state index is 4.32. The van der Waals surface area contributed by atoms with Gasteiger partial charge in [-0.2, -0.15) is 0 Å². The van der Waals surface area contributed by atoms with Crippen molar-refractivity contribution in [1.82, 2.24) is 15.5 Å². The number of benzene rings is 1. The van der Waals surface area contributed by atoms with Crippen molar-refractivity contribution in [2.45, 2.75) is 39.2 Å². The fourth-order valence-corrected chi connectivity index (χ4v) is 2.99. The normalized spacial score (nSPS) is 15.8. The van der Waals surface area contributed by atoms with Gasteiger partial charge in [0.1, 0.15) is 0 Å². The Kier molecular flexibility index (Phi) is 10.3. The van der Waals surface area contributed by atoms with E-state index in [9.17, 15) is 0 Å². The second-order valence-corrected chi connectivity index (χ2v) is 5.88. The van der Waals surface area contributed by atoms with Gasteiger partial charge in [0.05, 0.1) is 0 Å². The molecule has 0 radical (unpaired) electrons. The van der Waals surface area contributed by atoms with Crippen LogP contribution >= 0.6 is 24.0 Å². The number of hydrogen-bond donors (Lipinski definition) is 2. The number of guanidine groups is 1. The minimum absolute atomic E-state index is 0. The lowest BCUT2D eigenvalue weighted by atomic mass is 10.1. The molecule has 0 amide bonds. The molecule has 5 heteroatoms. The molecule has 130 valence electrons. The third-order valence-electron chi connectivity index (χ3n) is 4.34. The van der Waals surface area contributed by atoms with E-state index in [0.29, 0.717) is 0 Å². The fraction of sp³-hybridized carbons (Fsp3) is 0.611. The molecular weight excluding hydrogens is 399 g/mol. The highest BCUT2D eigenvalue weighted by molar-refractivity contribution is 14.0. The summed E-state index contributed by atoms with van der Waals surface area (Å²) in [7, 11) is 1.84. The molecule has 1 aromatic carbocycles. The monoisotopic (exact) mass is 430 g/mol. The predicted octanol–water partition coefficient (Wildman–Crippen LogP) is 3.02. The van der Waals surface area contributed by atoms with Crippen LogP contribution in [0, 0.1) is 0 Å². The van der Waals surface area contributed by atoms with Gasteiger partial charge in [0.15, 0.2) is 5.96 Å². The minimum Gasteiger partial charge on any atom is -0.355 e. The lowest BCUT2D eigenvalue weighted by Gasteiger charge is -2.26. The van der Waals surface area contributed by atoms with E-state index in [1.807, 2.05) is 7.05 Å². The van der Waals surface area contributed by atoms with Crippen molar-refractivity contribution in [1.29, 1.82) is 0 Å². The second kappa shape index (κ2) is 11.7. The third kappa shape index (κ3) is 7.08. The van der Waals surface area contributed by atoms with Gasteiger partial charge in [-0.05, 0) is 43.5 Å². The molecular formula is C18H31IN4. The van der Waals surface area contributed by atoms with E-state index in [2.05, 4.69) is 51.7 Å². The van der Waals surface area contributed by atoms with Crippen molar-refractivity contribution in [2.75, 3.05) is 33.2 Å². The fourth-order valence-electron chi connectivity index (χ4n) is 2.99. The zero-order valence-corrected chi connectivity index (χ0v) is 16.8. The summed E-state index contributed by atoms with van der Waals surface area (Å²) in [4.78, 5) is 6.86. The van der Waals surface area contributed by atoms with E-state index in [1.165, 1.54) is 43.5 Å². The van der Waals surface area contributed by atoms with Gasteiger partial charge in [-0.3, -0.25) is 4.99 Å². The Morgan fingerprint density at radius 3 is 2.43 bits per heavy atom. The van der Waals surface area contributed by atoms with Crippen molar-refractivity contribution in [3.63, 3.8) is 0 Å². The molecule has 2 rings (SSSR count). The highest BCUT2D eigenvalue weighted by Gasteiger charge is 2.09. The van der Waals surface area contributed by atoms with Crippen LogP contribution in [0.5, 0.6) is 0 Å². The standard InChI is InChI=1S/C18H30N4.HI/c1-3-16-9-5-6-10-17(16)15-21-18(19-2)20-11-14-22-12-7-4-8-13-22;/h5-6,9-10H,3-4,7-8,11-15H2,1-2H3,(H2,19,20,21);1H. The number of hydrogen-bond acceptors (Lipinski definition) is 2. The summed E-state index contributed by atoms with van der Waals surface area (Å²) in [6, 6.07) is 8.59. The van der Waals surface area contributed by atoms with Crippen LogP contribution in [0.15, 0.2) is 29.3 Å². The number of nitrogens with one attached hydrogen (secondary N) is 2. The summed E-state index contributed by atoms with van der Waals surface area (Å²) in [6.07, 6.45) is 5.16. The predicted molar refractivity (Wildman–Crippen MR) is 110 cm³/mol. The number of aliphatic imine (C=N–C) groups is 1. The Balaban J connectivity index is 0.00000264. The highest BCUT2D eigenvalue weighted by atomic mass is 127. The molecule has 23 heavy (non-hydrogen) atoms. The topological polar surface area (TPSA) is 39.7 Å². The molecule has 1 fully saturated rings. The third-order valence-corrected chi connectivity index (χ3v) is 4.34. The maximum Gasteiger partial charge on any atom is 0.191 e. The molecule has 0 bridgehead atoms. The van der Waals surface area contributed by atoms with Gasteiger partial charge in [-0.25, -0.2) is 0 Å². The van der Waals surface area contributed by atoms with Crippen LogP contribution in [0.4, 0.5) is 0 Å². The Bertz CT molecular complexity index is 470. The van der Waals surface area contributed by atoms with Crippen molar-refractivity contribution >= 4 is 29.9 Å². The molecule has 0 aromatic heterocycles. The van der Waals surface area contributed by atoms with Gasteiger partial charge in [0.2, 0.25) is 0 Å². The Labute approximate surface area is 158 Å². The van der Waals surface area contributed by atoms with Crippen LogP contribution in [0.1, 0.15) is 37.3 Å². The van der Waals surface area contributed by atoms with Crippen LogP contribution in [-0.4, -0.2) is 44.1 Å². The van der Waals surface area contributed by atoms with Gasteiger partial charge in [0.25, 0.3) is 0 Å². The van der Waals surface area contributed by atoms with Crippen LogP contribution in [0.2, 0.25) is 0 Å². The van der Waals surface area contributed by atoms with E-state index in [1.54, 1.807) is 0 Å². The molecule has 1 aromatic rings. The summed E-state index contributed by atoms with van der Waals surface area (Å²) in [5, 5.41) is 6.84. The van der Waals surface area contributed by atoms with Crippen molar-refractivity contribution < 1.29 is 0 Å². The zero-order valence-electron chi connectivity index (χ0n) is 14.5. The molecule has 0 saturated carbocycles. The van der Waals surface area contributed by atoms with Crippen molar-refractivity contribution in [3.05, 3.63) is 35.4 Å². The summed E-state index contributed by atoms with van der Waals surface area (Å²) < 4.78 is 0. The SMILES string of the molecule is CCc1ccccc1CNC(=NC)NCCN1CCCCC1.I. The van der Waals surface area contributed by atoms with E-state index >= 15 is 0 Å². The summed E-state index contributed by atoms with van der Waals surface area (Å²) in [5.41, 5.74) is 2.75. The van der Waals surface area contributed by atoms with Crippen molar-refractivity contribution in [2.24, 2.45) is 4.99 Å². The molecule has 1 heterocycles. The Morgan fingerprint density at radius 1 is 1.09 bits per heavy atom. The van der Waals surface area contributed by atoms with Gasteiger partial charge in [0, 0.05) is 26.7 Å². The summed E-state index contributed by atoms with van der Waals surface area (Å²) in [5.74, 6) is 0.892. The maximum absolute atomic E-state index is 4.32. The van der Waals surface area contributed by atoms with Crippen LogP contribution in [0.25, 0.3) is 0 Å². The van der Waals surface area contributed by atoms with E-state index < -0.39 is 0 Å². The van der Waals surface area contributed by atoms with Gasteiger partial charge < -0.3 is 15.5 Å². The minimum atomic E-state index is 0. The molecule has 0 unspecified atom stereocenters. The molecule has 4 nitrogen and oxygen atoms in total. The second-order valence-electron chi connectivity index (χ2n) is 5.88. The summed E-state index contributed by atoms with van der Waals surface area (Å²) >= 11 is 0. The first kappa shape index (κ1) is 20.2. The number of likely N-dealkylation sites (tertiary alicyclic amines) is 1. The number of rotatable bonds is 6. The van der Waals surface area contributed by atoms with E-state index in [0.717, 1.165) is 32.0 Å². The first-order chi connectivity index (χ1) is 10.8. The van der Waals surface area contributed by atoms with Crippen LogP contribution in [0.3, 0.4) is 0 Å². The number of piperidine rings is 1. The first-order valence-corrected chi connectivity index (χ1v) is 8.57. The molecule has 0 spiro atoms. The molecule has 2 N–H and O–H groups in total. The zero-order chi connectivity index (χ0) is 15.6. The number of halogens is 1. The molecule has 1 aliphatic rings. The van der Waals surface area contributed by atoms with Crippen LogP contribution in [-0.2, 0) is 13.0 Å². The molecule has 1 saturated heterocycles. The largest absolute Gasteiger partial charge is 0.355 e.